The van der Waals surface area contributed by atoms with E-state index in [0.717, 1.165) is 16.5 Å². The Morgan fingerprint density at radius 1 is 1.29 bits per heavy atom. The zero-order valence-electron chi connectivity index (χ0n) is 12.7. The Morgan fingerprint density at radius 3 is 2.71 bits per heavy atom. The number of anilines is 1. The van der Waals surface area contributed by atoms with Gasteiger partial charge in [-0.25, -0.2) is 0 Å². The van der Waals surface area contributed by atoms with Crippen LogP contribution in [0.15, 0.2) is 22.8 Å². The molecule has 3 aromatic rings. The molecule has 0 aliphatic rings. The van der Waals surface area contributed by atoms with Crippen molar-refractivity contribution >= 4 is 33.3 Å². The van der Waals surface area contributed by atoms with Gasteiger partial charge in [-0.3, -0.25) is 4.79 Å². The summed E-state index contributed by atoms with van der Waals surface area (Å²) < 4.78 is 42.9. The Bertz CT molecular complexity index is 914. The number of rotatable bonds is 3. The third kappa shape index (κ3) is 3.12. The number of hydrogen-bond acceptors (Lipinski definition) is 5. The Kier molecular flexibility index (Phi) is 4.04. The van der Waals surface area contributed by atoms with Crippen LogP contribution in [0.25, 0.3) is 11.0 Å². The maximum Gasteiger partial charge on any atom is 0.445 e. The zero-order valence-corrected chi connectivity index (χ0v) is 13.5. The monoisotopic (exact) mass is 355 g/mol. The molecule has 1 N–H and O–H groups in total. The first kappa shape index (κ1) is 16.4. The minimum atomic E-state index is -4.57. The van der Waals surface area contributed by atoms with E-state index in [1.54, 1.807) is 0 Å². The van der Waals surface area contributed by atoms with E-state index in [0.29, 0.717) is 11.1 Å². The molecule has 5 nitrogen and oxygen atoms in total. The molecule has 1 amide bonds. The number of carbonyl (C=O) groups is 1. The number of benzene rings is 1. The highest BCUT2D eigenvalue weighted by atomic mass is 32.1. The lowest BCUT2D eigenvalue weighted by atomic mass is 10.0. The summed E-state index contributed by atoms with van der Waals surface area (Å²) in [5.74, 6) is -0.485. The van der Waals surface area contributed by atoms with Crippen molar-refractivity contribution in [2.45, 2.75) is 26.4 Å². The van der Waals surface area contributed by atoms with Crippen LogP contribution in [-0.4, -0.2) is 16.1 Å². The first-order valence-electron chi connectivity index (χ1n) is 6.92. The van der Waals surface area contributed by atoms with Gasteiger partial charge in [0.25, 0.3) is 0 Å². The Hall–Kier alpha value is -2.42. The highest BCUT2D eigenvalue weighted by molar-refractivity contribution is 7.15. The van der Waals surface area contributed by atoms with E-state index in [1.165, 1.54) is 6.26 Å². The van der Waals surface area contributed by atoms with Gasteiger partial charge < -0.3 is 9.73 Å². The van der Waals surface area contributed by atoms with Gasteiger partial charge >= 0.3 is 6.18 Å². The number of hydrogen-bond donors (Lipinski definition) is 1. The van der Waals surface area contributed by atoms with Crippen molar-refractivity contribution in [2.24, 2.45) is 0 Å². The molecule has 0 bridgehead atoms. The second kappa shape index (κ2) is 5.90. The summed E-state index contributed by atoms with van der Waals surface area (Å²) in [7, 11) is 0. The molecular formula is C15H12F3N3O2S. The molecule has 9 heteroatoms. The molecule has 2 aromatic heterocycles. The van der Waals surface area contributed by atoms with Crippen LogP contribution in [0.1, 0.15) is 21.7 Å². The number of alkyl halides is 3. The lowest BCUT2D eigenvalue weighted by molar-refractivity contribution is -0.138. The largest absolute Gasteiger partial charge is 0.464 e. The molecule has 0 saturated carbocycles. The van der Waals surface area contributed by atoms with Gasteiger partial charge in [-0.2, -0.15) is 13.2 Å². The van der Waals surface area contributed by atoms with E-state index in [9.17, 15) is 18.0 Å². The molecule has 2 heterocycles. The number of aryl methyl sites for hydroxylation is 2. The SMILES string of the molecule is Cc1ccc2c(CC(=O)Nc3nnc(C(F)(F)F)s3)coc2c1C. The molecule has 1 aromatic carbocycles. The lowest BCUT2D eigenvalue weighted by Crippen LogP contribution is -2.14. The second-order valence-corrected chi connectivity index (χ2v) is 6.26. The van der Waals surface area contributed by atoms with Crippen molar-refractivity contribution in [3.05, 3.63) is 40.1 Å². The molecule has 0 fully saturated rings. The van der Waals surface area contributed by atoms with E-state index in [2.05, 4.69) is 15.5 Å². The van der Waals surface area contributed by atoms with E-state index < -0.39 is 17.1 Å². The number of furan rings is 1. The van der Waals surface area contributed by atoms with Gasteiger partial charge in [-0.1, -0.05) is 23.5 Å². The van der Waals surface area contributed by atoms with Crippen LogP contribution in [0.5, 0.6) is 0 Å². The summed E-state index contributed by atoms with van der Waals surface area (Å²) in [6.07, 6.45) is -3.12. The van der Waals surface area contributed by atoms with Gasteiger partial charge in [0.1, 0.15) is 5.58 Å². The standard InChI is InChI=1S/C15H12F3N3O2S/c1-7-3-4-10-9(6-23-12(10)8(7)2)5-11(22)19-14-21-20-13(24-14)15(16,17)18/h3-4,6H,5H2,1-2H3,(H,19,21,22). The Balaban J connectivity index is 1.76. The summed E-state index contributed by atoms with van der Waals surface area (Å²) in [4.78, 5) is 12.0. The minimum absolute atomic E-state index is 0.0313. The van der Waals surface area contributed by atoms with Gasteiger partial charge in [0.05, 0.1) is 12.7 Å². The van der Waals surface area contributed by atoms with Crippen LogP contribution < -0.4 is 5.32 Å². The number of carbonyl (C=O) groups excluding carboxylic acids is 1. The van der Waals surface area contributed by atoms with E-state index in [1.807, 2.05) is 26.0 Å². The molecule has 0 saturated heterocycles. The normalized spacial score (nSPS) is 11.9. The van der Waals surface area contributed by atoms with Gasteiger partial charge in [-0.05, 0) is 25.0 Å². The average Bonchev–Trinajstić information content (AvgIpc) is 3.10. The quantitative estimate of drug-likeness (QED) is 0.768. The molecule has 0 aliphatic carbocycles. The van der Waals surface area contributed by atoms with E-state index in [4.69, 9.17) is 4.42 Å². The number of amides is 1. The molecule has 0 spiro atoms. The third-order valence-electron chi connectivity index (χ3n) is 3.61. The first-order chi connectivity index (χ1) is 11.3. The zero-order chi connectivity index (χ0) is 17.5. The summed E-state index contributed by atoms with van der Waals surface area (Å²) in [5, 5.41) is 8.20. The van der Waals surface area contributed by atoms with Crippen molar-refractivity contribution < 1.29 is 22.4 Å². The predicted molar refractivity (Wildman–Crippen MR) is 82.9 cm³/mol. The average molecular weight is 355 g/mol. The number of nitrogens with one attached hydrogen (secondary N) is 1. The van der Waals surface area contributed by atoms with Gasteiger partial charge in [0.2, 0.25) is 16.0 Å². The fraction of sp³-hybridized carbons (Fsp3) is 0.267. The van der Waals surface area contributed by atoms with Gasteiger partial charge in [-0.15, -0.1) is 10.2 Å². The first-order valence-corrected chi connectivity index (χ1v) is 7.74. The van der Waals surface area contributed by atoms with Crippen LogP contribution in [0.3, 0.4) is 0 Å². The molecule has 0 atom stereocenters. The van der Waals surface area contributed by atoms with Crippen molar-refractivity contribution in [1.29, 1.82) is 0 Å². The van der Waals surface area contributed by atoms with E-state index in [-0.39, 0.29) is 22.9 Å². The Labute approximate surface area is 138 Å². The maximum absolute atomic E-state index is 12.5. The molecule has 0 unspecified atom stereocenters. The minimum Gasteiger partial charge on any atom is -0.464 e. The predicted octanol–water partition coefficient (Wildman–Crippen LogP) is 4.10. The van der Waals surface area contributed by atoms with Crippen LogP contribution in [0, 0.1) is 13.8 Å². The molecular weight excluding hydrogens is 343 g/mol. The molecule has 3 rings (SSSR count). The molecule has 0 radical (unpaired) electrons. The van der Waals surface area contributed by atoms with Crippen LogP contribution in [-0.2, 0) is 17.4 Å². The smallest absolute Gasteiger partial charge is 0.445 e. The summed E-state index contributed by atoms with van der Waals surface area (Å²) in [6.45, 7) is 3.88. The fourth-order valence-corrected chi connectivity index (χ4v) is 2.88. The third-order valence-corrected chi connectivity index (χ3v) is 4.49. The number of fused-ring (bicyclic) bond motifs is 1. The van der Waals surface area contributed by atoms with Crippen molar-refractivity contribution in [3.8, 4) is 0 Å². The molecule has 24 heavy (non-hydrogen) atoms. The number of nitrogens with zero attached hydrogens (tertiary/aromatic N) is 2. The fourth-order valence-electron chi connectivity index (χ4n) is 2.25. The van der Waals surface area contributed by atoms with Crippen LogP contribution in [0.2, 0.25) is 0 Å². The highest BCUT2D eigenvalue weighted by Crippen LogP contribution is 2.33. The number of halogens is 3. The summed E-state index contributed by atoms with van der Waals surface area (Å²) >= 11 is 0.286. The van der Waals surface area contributed by atoms with Crippen LogP contribution >= 0.6 is 11.3 Å². The second-order valence-electron chi connectivity index (χ2n) is 5.28. The van der Waals surface area contributed by atoms with Crippen molar-refractivity contribution in [2.75, 3.05) is 5.32 Å². The maximum atomic E-state index is 12.5. The van der Waals surface area contributed by atoms with Crippen molar-refractivity contribution in [1.82, 2.24) is 10.2 Å². The molecule has 0 aliphatic heterocycles. The topological polar surface area (TPSA) is 68.0 Å². The number of aromatic nitrogens is 2. The van der Waals surface area contributed by atoms with Gasteiger partial charge in [0, 0.05) is 10.9 Å². The summed E-state index contributed by atoms with van der Waals surface area (Å²) in [6, 6.07) is 3.78. The van der Waals surface area contributed by atoms with E-state index >= 15 is 0 Å². The van der Waals surface area contributed by atoms with Gasteiger partial charge in [0.15, 0.2) is 0 Å². The highest BCUT2D eigenvalue weighted by Gasteiger charge is 2.35. The van der Waals surface area contributed by atoms with Crippen LogP contribution in [0.4, 0.5) is 18.3 Å². The lowest BCUT2D eigenvalue weighted by Gasteiger charge is -2.02. The van der Waals surface area contributed by atoms with Crippen molar-refractivity contribution in [3.63, 3.8) is 0 Å². The Morgan fingerprint density at radius 2 is 2.04 bits per heavy atom. The summed E-state index contributed by atoms with van der Waals surface area (Å²) in [5.41, 5.74) is 3.42. The molecule has 126 valence electrons.